The lowest BCUT2D eigenvalue weighted by Crippen LogP contribution is -2.17. The highest BCUT2D eigenvalue weighted by atomic mass is 35.5. The van der Waals surface area contributed by atoms with Crippen molar-refractivity contribution in [3.63, 3.8) is 0 Å². The Hall–Kier alpha value is -2.97. The van der Waals surface area contributed by atoms with Gasteiger partial charge in [-0.25, -0.2) is 19.8 Å². The molecule has 1 aromatic heterocycles. The van der Waals surface area contributed by atoms with E-state index in [1.807, 2.05) is 12.1 Å². The van der Waals surface area contributed by atoms with Crippen molar-refractivity contribution in [1.29, 1.82) is 0 Å². The van der Waals surface area contributed by atoms with E-state index in [0.29, 0.717) is 23.4 Å². The maximum atomic E-state index is 13.4. The molecule has 7 nitrogen and oxygen atoms in total. The lowest BCUT2D eigenvalue weighted by atomic mass is 10.0. The van der Waals surface area contributed by atoms with Crippen LogP contribution in [0.25, 0.3) is 10.9 Å². The Morgan fingerprint density at radius 1 is 1.20 bits per heavy atom. The second kappa shape index (κ2) is 10.2. The summed E-state index contributed by atoms with van der Waals surface area (Å²) in [4.78, 5) is 19.7. The zero-order valence-corrected chi connectivity index (χ0v) is 17.2. The predicted octanol–water partition coefficient (Wildman–Crippen LogP) is 4.78. The first kappa shape index (κ1) is 21.7. The number of hydrogen-bond donors (Lipinski definition) is 3. The second-order valence-electron chi connectivity index (χ2n) is 6.75. The van der Waals surface area contributed by atoms with E-state index in [-0.39, 0.29) is 17.4 Å². The molecule has 9 heteroatoms. The lowest BCUT2D eigenvalue weighted by Gasteiger charge is -2.13. The van der Waals surface area contributed by atoms with E-state index in [1.165, 1.54) is 18.5 Å². The topological polar surface area (TPSA) is 96.4 Å². The van der Waals surface area contributed by atoms with E-state index in [9.17, 15) is 9.18 Å². The molecule has 158 valence electrons. The average molecular weight is 433 g/mol. The number of anilines is 2. The van der Waals surface area contributed by atoms with Gasteiger partial charge in [0.05, 0.1) is 17.6 Å². The molecule has 0 aliphatic carbocycles. The smallest absolute Gasteiger partial charge is 0.243 e. The molecule has 0 spiro atoms. The highest BCUT2D eigenvalue weighted by Crippen LogP contribution is 2.31. The number of benzene rings is 2. The summed E-state index contributed by atoms with van der Waals surface area (Å²) in [5.41, 5.74) is 3.95. The van der Waals surface area contributed by atoms with E-state index >= 15 is 0 Å². The van der Waals surface area contributed by atoms with Crippen LogP contribution in [-0.2, 0) is 11.2 Å². The van der Waals surface area contributed by atoms with Gasteiger partial charge >= 0.3 is 0 Å². The number of unbranched alkanes of at least 4 members (excludes halogenated alkanes) is 2. The monoisotopic (exact) mass is 432 g/mol. The molecule has 3 N–H and O–H groups in total. The fourth-order valence-electron chi connectivity index (χ4n) is 3.16. The van der Waals surface area contributed by atoms with E-state index < -0.39 is 5.82 Å². The van der Waals surface area contributed by atoms with Crippen LogP contribution in [0.2, 0.25) is 5.02 Å². The van der Waals surface area contributed by atoms with Crippen molar-refractivity contribution in [2.45, 2.75) is 32.1 Å². The standard InChI is InChI=1S/C21H22ClFN4O3/c1-30-19-11-18-15(9-13(19)5-3-2-4-6-20(28)27-29)21(25-12-24-18)26-14-7-8-17(23)16(22)10-14/h7-12,29H,2-6H2,1H3,(H,27,28)(H,24,25,26). The van der Waals surface area contributed by atoms with Crippen LogP contribution in [0.4, 0.5) is 15.9 Å². The third-order valence-corrected chi connectivity index (χ3v) is 4.98. The SMILES string of the molecule is COc1cc2ncnc(Nc3ccc(F)c(Cl)c3)c2cc1CCCCCC(=O)NO. The zero-order chi connectivity index (χ0) is 21.5. The molecule has 3 aromatic rings. The molecule has 1 amide bonds. The third-order valence-electron chi connectivity index (χ3n) is 4.69. The Labute approximate surface area is 178 Å². The molecule has 30 heavy (non-hydrogen) atoms. The van der Waals surface area contributed by atoms with Crippen LogP contribution in [0.5, 0.6) is 5.75 Å². The van der Waals surface area contributed by atoms with Crippen LogP contribution in [0.3, 0.4) is 0 Å². The second-order valence-corrected chi connectivity index (χ2v) is 7.16. The van der Waals surface area contributed by atoms with Gasteiger partial charge in [-0.05, 0) is 49.1 Å². The van der Waals surface area contributed by atoms with Crippen LogP contribution in [0.1, 0.15) is 31.2 Å². The van der Waals surface area contributed by atoms with Gasteiger partial charge in [-0.1, -0.05) is 18.0 Å². The normalized spacial score (nSPS) is 10.8. The molecule has 2 aromatic carbocycles. The maximum Gasteiger partial charge on any atom is 0.243 e. The van der Waals surface area contributed by atoms with Crippen LogP contribution in [-0.4, -0.2) is 28.2 Å². The number of nitrogens with one attached hydrogen (secondary N) is 2. The number of methoxy groups -OCH3 is 1. The molecular weight excluding hydrogens is 411 g/mol. The zero-order valence-electron chi connectivity index (χ0n) is 16.4. The van der Waals surface area contributed by atoms with E-state index in [1.54, 1.807) is 18.7 Å². The molecule has 3 rings (SSSR count). The maximum absolute atomic E-state index is 13.4. The molecule has 1 heterocycles. The van der Waals surface area contributed by atoms with Crippen molar-refractivity contribution in [3.05, 3.63) is 53.1 Å². The molecule has 0 aliphatic rings. The van der Waals surface area contributed by atoms with Crippen LogP contribution < -0.4 is 15.5 Å². The largest absolute Gasteiger partial charge is 0.496 e. The number of aryl methyl sites for hydroxylation is 1. The summed E-state index contributed by atoms with van der Waals surface area (Å²) in [5.74, 6) is 0.432. The van der Waals surface area contributed by atoms with Crippen molar-refractivity contribution in [1.82, 2.24) is 15.4 Å². The number of nitrogens with zero attached hydrogens (tertiary/aromatic N) is 2. The number of fused-ring (bicyclic) bond motifs is 1. The van der Waals surface area contributed by atoms with Crippen molar-refractivity contribution >= 4 is 39.9 Å². The van der Waals surface area contributed by atoms with Gasteiger partial charge in [-0.3, -0.25) is 10.0 Å². The summed E-state index contributed by atoms with van der Waals surface area (Å²) in [5, 5.41) is 12.5. The van der Waals surface area contributed by atoms with Gasteiger partial charge in [0.15, 0.2) is 0 Å². The van der Waals surface area contributed by atoms with Crippen LogP contribution in [0.15, 0.2) is 36.7 Å². The fraction of sp³-hybridized carbons (Fsp3) is 0.286. The van der Waals surface area contributed by atoms with Gasteiger partial charge in [0.2, 0.25) is 5.91 Å². The lowest BCUT2D eigenvalue weighted by molar-refractivity contribution is -0.129. The molecule has 0 aliphatic heterocycles. The third kappa shape index (κ3) is 5.34. The molecular formula is C21H22ClFN4O3. The van der Waals surface area contributed by atoms with E-state index in [0.717, 1.165) is 36.0 Å². The number of halogens is 2. The molecule has 0 fully saturated rings. The Balaban J connectivity index is 1.80. The summed E-state index contributed by atoms with van der Waals surface area (Å²) in [6.07, 6.45) is 4.85. The van der Waals surface area contributed by atoms with Gasteiger partial charge in [0.1, 0.15) is 23.7 Å². The summed E-state index contributed by atoms with van der Waals surface area (Å²) < 4.78 is 18.9. The summed E-state index contributed by atoms with van der Waals surface area (Å²) in [7, 11) is 1.61. The molecule has 0 saturated carbocycles. The minimum atomic E-state index is -0.488. The number of amides is 1. The average Bonchev–Trinajstić information content (AvgIpc) is 2.75. The van der Waals surface area contributed by atoms with Gasteiger partial charge < -0.3 is 10.1 Å². The number of carbonyl (C=O) groups is 1. The van der Waals surface area contributed by atoms with E-state index in [2.05, 4.69) is 15.3 Å². The molecule has 0 bridgehead atoms. The highest BCUT2D eigenvalue weighted by molar-refractivity contribution is 6.31. The summed E-state index contributed by atoms with van der Waals surface area (Å²) >= 11 is 5.87. The van der Waals surface area contributed by atoms with Crippen molar-refractivity contribution in [2.24, 2.45) is 0 Å². The van der Waals surface area contributed by atoms with E-state index in [4.69, 9.17) is 21.5 Å². The fourth-order valence-corrected chi connectivity index (χ4v) is 3.34. The quantitative estimate of drug-likeness (QED) is 0.256. The van der Waals surface area contributed by atoms with Gasteiger partial charge in [0.25, 0.3) is 0 Å². The summed E-state index contributed by atoms with van der Waals surface area (Å²) in [6, 6.07) is 8.20. The number of hydroxylamine groups is 1. The Bertz CT molecular complexity index is 1050. The molecule has 0 atom stereocenters. The minimum Gasteiger partial charge on any atom is -0.496 e. The molecule has 0 unspecified atom stereocenters. The van der Waals surface area contributed by atoms with Crippen LogP contribution in [0, 0.1) is 5.82 Å². The van der Waals surface area contributed by atoms with Gasteiger partial charge in [0, 0.05) is 23.6 Å². The first-order chi connectivity index (χ1) is 14.5. The van der Waals surface area contributed by atoms with Gasteiger partial charge in [-0.2, -0.15) is 0 Å². The number of ether oxygens (including phenoxy) is 1. The number of rotatable bonds is 9. The van der Waals surface area contributed by atoms with Crippen molar-refractivity contribution < 1.29 is 19.1 Å². The molecule has 0 radical (unpaired) electrons. The summed E-state index contributed by atoms with van der Waals surface area (Å²) in [6.45, 7) is 0. The minimum absolute atomic E-state index is 0.0237. The van der Waals surface area contributed by atoms with Crippen molar-refractivity contribution in [2.75, 3.05) is 12.4 Å². The van der Waals surface area contributed by atoms with Crippen molar-refractivity contribution in [3.8, 4) is 5.75 Å². The number of aromatic nitrogens is 2. The number of carbonyl (C=O) groups excluding carboxylic acids is 1. The first-order valence-corrected chi connectivity index (χ1v) is 9.86. The van der Waals surface area contributed by atoms with Crippen LogP contribution >= 0.6 is 11.6 Å². The van der Waals surface area contributed by atoms with Gasteiger partial charge in [-0.15, -0.1) is 0 Å². The first-order valence-electron chi connectivity index (χ1n) is 9.48. The number of hydrogen-bond acceptors (Lipinski definition) is 6. The Morgan fingerprint density at radius 3 is 2.77 bits per heavy atom. The Morgan fingerprint density at radius 2 is 2.03 bits per heavy atom. The highest BCUT2D eigenvalue weighted by Gasteiger charge is 2.12. The predicted molar refractivity (Wildman–Crippen MR) is 113 cm³/mol. The molecule has 0 saturated heterocycles. The Kier molecular flexibility index (Phi) is 7.37.